The van der Waals surface area contributed by atoms with Crippen LogP contribution in [0.15, 0.2) is 48.5 Å². The van der Waals surface area contributed by atoms with E-state index in [9.17, 15) is 9.18 Å². The predicted octanol–water partition coefficient (Wildman–Crippen LogP) is 3.86. The number of rotatable bonds is 3. The molecule has 2 aromatic carbocycles. The van der Waals surface area contributed by atoms with E-state index in [1.165, 1.54) is 23.3 Å². The smallest absolute Gasteiger partial charge is 0.293 e. The Kier molecular flexibility index (Phi) is 4.48. The molecule has 1 heterocycles. The maximum atomic E-state index is 13.2. The van der Waals surface area contributed by atoms with Gasteiger partial charge in [0.2, 0.25) is 5.82 Å². The van der Waals surface area contributed by atoms with Gasteiger partial charge in [0.1, 0.15) is 11.6 Å². The standard InChI is InChI=1S/C21H21FN4O/c1-14-23-20(24-26(14)17-12-10-16(22)11-13-17)21(27)25(2)19-9-5-7-15-6-3-4-8-18(15)19/h3-4,6,8,10-13,19H,5,7,9H2,1-2H3/t19-/m0/s1. The molecule has 0 saturated carbocycles. The zero-order valence-corrected chi connectivity index (χ0v) is 15.4. The van der Waals surface area contributed by atoms with Gasteiger partial charge in [-0.25, -0.2) is 14.1 Å². The molecule has 1 aromatic heterocycles. The summed E-state index contributed by atoms with van der Waals surface area (Å²) in [6.45, 7) is 1.78. The second-order valence-corrected chi connectivity index (χ2v) is 6.89. The second kappa shape index (κ2) is 6.95. The maximum Gasteiger partial charge on any atom is 0.293 e. The number of hydrogen-bond acceptors (Lipinski definition) is 3. The summed E-state index contributed by atoms with van der Waals surface area (Å²) in [6.07, 6.45) is 3.03. The Balaban J connectivity index is 1.62. The van der Waals surface area contributed by atoms with Crippen LogP contribution in [0.3, 0.4) is 0 Å². The molecule has 1 aliphatic carbocycles. The van der Waals surface area contributed by atoms with Gasteiger partial charge in [-0.05, 0) is 61.6 Å². The average Bonchev–Trinajstić information content (AvgIpc) is 3.08. The Labute approximate surface area is 157 Å². The minimum atomic E-state index is -0.316. The van der Waals surface area contributed by atoms with Crippen molar-refractivity contribution in [1.29, 1.82) is 0 Å². The maximum absolute atomic E-state index is 13.2. The highest BCUT2D eigenvalue weighted by Crippen LogP contribution is 2.33. The van der Waals surface area contributed by atoms with Crippen LogP contribution in [0, 0.1) is 12.7 Å². The molecule has 1 aliphatic rings. The molecule has 0 fully saturated rings. The molecule has 0 spiro atoms. The first kappa shape index (κ1) is 17.4. The van der Waals surface area contributed by atoms with E-state index >= 15 is 0 Å². The molecule has 0 bridgehead atoms. The lowest BCUT2D eigenvalue weighted by Crippen LogP contribution is -2.34. The molecule has 6 heteroatoms. The quantitative estimate of drug-likeness (QED) is 0.709. The van der Waals surface area contributed by atoms with Gasteiger partial charge in [-0.3, -0.25) is 4.79 Å². The van der Waals surface area contributed by atoms with Crippen LogP contribution in [-0.4, -0.2) is 32.6 Å². The summed E-state index contributed by atoms with van der Waals surface area (Å²) in [5.41, 5.74) is 3.18. The van der Waals surface area contributed by atoms with Gasteiger partial charge in [-0.15, -0.1) is 5.10 Å². The molecule has 3 aromatic rings. The van der Waals surface area contributed by atoms with Gasteiger partial charge in [0.15, 0.2) is 0 Å². The normalized spacial score (nSPS) is 16.0. The van der Waals surface area contributed by atoms with Crippen LogP contribution >= 0.6 is 0 Å². The predicted molar refractivity (Wildman–Crippen MR) is 100 cm³/mol. The van der Waals surface area contributed by atoms with E-state index in [0.717, 1.165) is 19.3 Å². The Morgan fingerprint density at radius 2 is 1.93 bits per heavy atom. The summed E-state index contributed by atoms with van der Waals surface area (Å²) in [5.74, 6) is 0.217. The minimum Gasteiger partial charge on any atom is -0.332 e. The number of nitrogens with zero attached hydrogens (tertiary/aromatic N) is 4. The van der Waals surface area contributed by atoms with Crippen LogP contribution in [0.5, 0.6) is 0 Å². The summed E-state index contributed by atoms with van der Waals surface area (Å²) in [5, 5.41) is 4.37. The molecular weight excluding hydrogens is 343 g/mol. The van der Waals surface area contributed by atoms with Gasteiger partial charge in [0, 0.05) is 7.05 Å². The largest absolute Gasteiger partial charge is 0.332 e. The fraction of sp³-hybridized carbons (Fsp3) is 0.286. The highest BCUT2D eigenvalue weighted by Gasteiger charge is 2.29. The van der Waals surface area contributed by atoms with Crippen LogP contribution in [0.4, 0.5) is 4.39 Å². The number of carbonyl (C=O) groups is 1. The average molecular weight is 364 g/mol. The number of aryl methyl sites for hydroxylation is 2. The molecule has 0 N–H and O–H groups in total. The fourth-order valence-electron chi connectivity index (χ4n) is 3.74. The molecule has 27 heavy (non-hydrogen) atoms. The van der Waals surface area contributed by atoms with Crippen LogP contribution in [0.1, 0.15) is 46.5 Å². The van der Waals surface area contributed by atoms with E-state index in [4.69, 9.17) is 0 Å². The van der Waals surface area contributed by atoms with Crippen molar-refractivity contribution in [1.82, 2.24) is 19.7 Å². The van der Waals surface area contributed by atoms with E-state index in [1.807, 2.05) is 19.2 Å². The Morgan fingerprint density at radius 3 is 2.70 bits per heavy atom. The summed E-state index contributed by atoms with van der Waals surface area (Å²) < 4.78 is 14.7. The third-order valence-corrected chi connectivity index (χ3v) is 5.16. The second-order valence-electron chi connectivity index (χ2n) is 6.89. The van der Waals surface area contributed by atoms with E-state index in [0.29, 0.717) is 11.5 Å². The number of hydrogen-bond donors (Lipinski definition) is 0. The molecule has 0 unspecified atom stereocenters. The first-order valence-corrected chi connectivity index (χ1v) is 9.09. The SMILES string of the molecule is Cc1nc(C(=O)N(C)[C@H]2CCCc3ccccc32)nn1-c1ccc(F)cc1. The Morgan fingerprint density at radius 1 is 1.19 bits per heavy atom. The molecule has 0 aliphatic heterocycles. The molecule has 0 radical (unpaired) electrons. The van der Waals surface area contributed by atoms with E-state index in [-0.39, 0.29) is 23.6 Å². The molecule has 4 rings (SSSR count). The van der Waals surface area contributed by atoms with E-state index in [1.54, 1.807) is 28.6 Å². The van der Waals surface area contributed by atoms with Crippen molar-refractivity contribution in [3.05, 3.63) is 77.1 Å². The van der Waals surface area contributed by atoms with E-state index < -0.39 is 0 Å². The lowest BCUT2D eigenvalue weighted by Gasteiger charge is -2.32. The first-order valence-electron chi connectivity index (χ1n) is 9.09. The zero-order valence-electron chi connectivity index (χ0n) is 15.4. The summed E-state index contributed by atoms with van der Waals surface area (Å²) in [4.78, 5) is 19.1. The molecule has 1 atom stereocenters. The molecule has 5 nitrogen and oxygen atoms in total. The number of aromatic nitrogens is 3. The molecule has 138 valence electrons. The van der Waals surface area contributed by atoms with Crippen molar-refractivity contribution >= 4 is 5.91 Å². The monoisotopic (exact) mass is 364 g/mol. The van der Waals surface area contributed by atoms with Crippen molar-refractivity contribution < 1.29 is 9.18 Å². The number of carbonyl (C=O) groups excluding carboxylic acids is 1. The van der Waals surface area contributed by atoms with Crippen molar-refractivity contribution in [2.75, 3.05) is 7.05 Å². The van der Waals surface area contributed by atoms with Crippen LogP contribution in [-0.2, 0) is 6.42 Å². The van der Waals surface area contributed by atoms with Crippen molar-refractivity contribution in [2.24, 2.45) is 0 Å². The lowest BCUT2D eigenvalue weighted by molar-refractivity contribution is 0.0702. The van der Waals surface area contributed by atoms with Crippen LogP contribution < -0.4 is 0 Å². The summed E-state index contributed by atoms with van der Waals surface area (Å²) in [7, 11) is 1.81. The molecule has 1 amide bonds. The van der Waals surface area contributed by atoms with Gasteiger partial charge >= 0.3 is 0 Å². The third-order valence-electron chi connectivity index (χ3n) is 5.16. The first-order chi connectivity index (χ1) is 13.0. The number of halogens is 1. The Bertz CT molecular complexity index is 980. The molecular formula is C21H21FN4O. The fourth-order valence-corrected chi connectivity index (χ4v) is 3.74. The zero-order chi connectivity index (χ0) is 19.0. The van der Waals surface area contributed by atoms with Gasteiger partial charge < -0.3 is 4.90 Å². The van der Waals surface area contributed by atoms with Crippen molar-refractivity contribution in [3.8, 4) is 5.69 Å². The van der Waals surface area contributed by atoms with Gasteiger partial charge in [-0.1, -0.05) is 24.3 Å². The minimum absolute atomic E-state index is 0.0283. The van der Waals surface area contributed by atoms with E-state index in [2.05, 4.69) is 22.2 Å². The Hall–Kier alpha value is -3.02. The lowest BCUT2D eigenvalue weighted by atomic mass is 9.87. The van der Waals surface area contributed by atoms with Gasteiger partial charge in [-0.2, -0.15) is 0 Å². The third kappa shape index (κ3) is 3.23. The van der Waals surface area contributed by atoms with Crippen molar-refractivity contribution in [3.63, 3.8) is 0 Å². The number of benzene rings is 2. The number of fused-ring (bicyclic) bond motifs is 1. The topological polar surface area (TPSA) is 51.0 Å². The van der Waals surface area contributed by atoms with Crippen molar-refractivity contribution in [2.45, 2.75) is 32.2 Å². The molecule has 0 saturated heterocycles. The van der Waals surface area contributed by atoms with Gasteiger partial charge in [0.05, 0.1) is 11.7 Å². The number of amides is 1. The summed E-state index contributed by atoms with van der Waals surface area (Å²) >= 11 is 0. The van der Waals surface area contributed by atoms with Crippen LogP contribution in [0.25, 0.3) is 5.69 Å². The highest BCUT2D eigenvalue weighted by atomic mass is 19.1. The van der Waals surface area contributed by atoms with Gasteiger partial charge in [0.25, 0.3) is 5.91 Å². The summed E-state index contributed by atoms with van der Waals surface area (Å²) in [6, 6.07) is 14.3. The highest BCUT2D eigenvalue weighted by molar-refractivity contribution is 5.90. The van der Waals surface area contributed by atoms with Crippen LogP contribution in [0.2, 0.25) is 0 Å².